The Morgan fingerprint density at radius 3 is 2.31 bits per heavy atom. The number of aryl methyl sites for hydroxylation is 2. The number of unbranched alkanes of at least 4 members (excludes halogenated alkanes) is 7. The third-order valence-electron chi connectivity index (χ3n) is 4.71. The lowest BCUT2D eigenvalue weighted by Gasteiger charge is -2.05. The van der Waals surface area contributed by atoms with E-state index < -0.39 is 0 Å². The molecule has 0 spiro atoms. The molecule has 0 aliphatic carbocycles. The molecule has 0 atom stereocenters. The van der Waals surface area contributed by atoms with Crippen LogP contribution >= 0.6 is 0 Å². The van der Waals surface area contributed by atoms with Crippen molar-refractivity contribution < 1.29 is 4.74 Å². The summed E-state index contributed by atoms with van der Waals surface area (Å²) in [6.07, 6.45) is 14.8. The predicted octanol–water partition coefficient (Wildman–Crippen LogP) is 5.95. The van der Waals surface area contributed by atoms with E-state index in [1.807, 2.05) is 10.9 Å². The zero-order chi connectivity index (χ0) is 18.5. The summed E-state index contributed by atoms with van der Waals surface area (Å²) < 4.78 is 7.78. The van der Waals surface area contributed by atoms with Crippen molar-refractivity contribution in [3.05, 3.63) is 41.7 Å². The maximum Gasteiger partial charge on any atom is 0.134 e. The molecule has 0 saturated heterocycles. The number of nitrogens with zero attached hydrogens (tertiary/aromatic N) is 3. The molecule has 4 heteroatoms. The normalized spacial score (nSPS) is 11.0. The molecule has 2 rings (SSSR count). The van der Waals surface area contributed by atoms with Crippen LogP contribution in [-0.2, 0) is 19.6 Å². The zero-order valence-corrected chi connectivity index (χ0v) is 16.6. The number of rotatable bonds is 14. The first kappa shape index (κ1) is 20.5. The van der Waals surface area contributed by atoms with Crippen LogP contribution in [0.5, 0.6) is 5.75 Å². The van der Waals surface area contributed by atoms with Crippen molar-refractivity contribution in [1.29, 1.82) is 0 Å². The van der Waals surface area contributed by atoms with Crippen LogP contribution in [0, 0.1) is 0 Å². The number of hydrogen-bond acceptors (Lipinski definition) is 3. The molecule has 0 radical (unpaired) electrons. The van der Waals surface area contributed by atoms with Crippen molar-refractivity contribution in [3.8, 4) is 5.75 Å². The quantitative estimate of drug-likeness (QED) is 0.392. The molecule has 0 saturated carbocycles. The highest BCUT2D eigenvalue weighted by molar-refractivity contribution is 5.27. The second-order valence-corrected chi connectivity index (χ2v) is 7.13. The van der Waals surface area contributed by atoms with Gasteiger partial charge in [0.1, 0.15) is 18.1 Å². The summed E-state index contributed by atoms with van der Waals surface area (Å²) in [4.78, 5) is 0. The van der Waals surface area contributed by atoms with Gasteiger partial charge < -0.3 is 4.74 Å². The standard InChI is InChI=1S/C22H35N3O/c1-3-5-7-8-9-11-17-25-18-21(23-24-25)19-26-22-15-13-20(14-16-22)12-10-6-4-2/h13-16,18H,3-12,17,19H2,1-2H3. The molecule has 0 unspecified atom stereocenters. The van der Waals surface area contributed by atoms with Crippen molar-refractivity contribution in [1.82, 2.24) is 15.0 Å². The molecule has 2 aromatic rings. The summed E-state index contributed by atoms with van der Waals surface area (Å²) in [5, 5.41) is 8.42. The summed E-state index contributed by atoms with van der Waals surface area (Å²) in [6.45, 7) is 5.92. The lowest BCUT2D eigenvalue weighted by molar-refractivity contribution is 0.301. The Morgan fingerprint density at radius 1 is 0.846 bits per heavy atom. The van der Waals surface area contributed by atoms with Crippen LogP contribution in [0.2, 0.25) is 0 Å². The van der Waals surface area contributed by atoms with Crippen LogP contribution in [-0.4, -0.2) is 15.0 Å². The van der Waals surface area contributed by atoms with E-state index in [9.17, 15) is 0 Å². The highest BCUT2D eigenvalue weighted by Crippen LogP contribution is 2.15. The van der Waals surface area contributed by atoms with Gasteiger partial charge in [-0.1, -0.05) is 76.1 Å². The predicted molar refractivity (Wildman–Crippen MR) is 107 cm³/mol. The van der Waals surface area contributed by atoms with Crippen molar-refractivity contribution in [2.24, 2.45) is 0 Å². The molecule has 1 heterocycles. The number of aromatic nitrogens is 3. The maximum absolute atomic E-state index is 5.84. The van der Waals surface area contributed by atoms with E-state index in [-0.39, 0.29) is 0 Å². The Hall–Kier alpha value is -1.84. The van der Waals surface area contributed by atoms with E-state index in [0.29, 0.717) is 6.61 Å². The Morgan fingerprint density at radius 2 is 1.54 bits per heavy atom. The van der Waals surface area contributed by atoms with Gasteiger partial charge in [-0.15, -0.1) is 5.10 Å². The largest absolute Gasteiger partial charge is 0.487 e. The fraction of sp³-hybridized carbons (Fsp3) is 0.636. The Bertz CT molecular complexity index is 592. The first-order valence-corrected chi connectivity index (χ1v) is 10.4. The summed E-state index contributed by atoms with van der Waals surface area (Å²) in [7, 11) is 0. The summed E-state index contributed by atoms with van der Waals surface area (Å²) >= 11 is 0. The molecule has 0 aliphatic rings. The van der Waals surface area contributed by atoms with Gasteiger partial charge in [-0.05, 0) is 37.0 Å². The second-order valence-electron chi connectivity index (χ2n) is 7.13. The molecule has 26 heavy (non-hydrogen) atoms. The SMILES string of the molecule is CCCCCCCCn1cc(COc2ccc(CCCCC)cc2)nn1. The molecule has 4 nitrogen and oxygen atoms in total. The van der Waals surface area contributed by atoms with E-state index >= 15 is 0 Å². The summed E-state index contributed by atoms with van der Waals surface area (Å²) in [5.41, 5.74) is 2.28. The van der Waals surface area contributed by atoms with Gasteiger partial charge in [0, 0.05) is 6.54 Å². The van der Waals surface area contributed by atoms with Crippen LogP contribution < -0.4 is 4.74 Å². The topological polar surface area (TPSA) is 39.9 Å². The molecule has 144 valence electrons. The van der Waals surface area contributed by atoms with Gasteiger partial charge in [0.15, 0.2) is 0 Å². The molecule has 1 aromatic carbocycles. The number of ether oxygens (including phenoxy) is 1. The van der Waals surface area contributed by atoms with Crippen molar-refractivity contribution in [3.63, 3.8) is 0 Å². The third-order valence-corrected chi connectivity index (χ3v) is 4.71. The second kappa shape index (κ2) is 12.5. The van der Waals surface area contributed by atoms with Crippen molar-refractivity contribution in [2.45, 2.75) is 91.2 Å². The molecule has 0 N–H and O–H groups in total. The van der Waals surface area contributed by atoms with Crippen molar-refractivity contribution >= 4 is 0 Å². The number of benzene rings is 1. The monoisotopic (exact) mass is 357 g/mol. The average Bonchev–Trinajstić information content (AvgIpc) is 3.12. The van der Waals surface area contributed by atoms with Gasteiger partial charge >= 0.3 is 0 Å². The van der Waals surface area contributed by atoms with Crippen LogP contribution in [0.3, 0.4) is 0 Å². The highest BCUT2D eigenvalue weighted by atomic mass is 16.5. The Balaban J connectivity index is 1.65. The smallest absolute Gasteiger partial charge is 0.134 e. The zero-order valence-electron chi connectivity index (χ0n) is 16.6. The van der Waals surface area contributed by atoms with Gasteiger partial charge in [-0.2, -0.15) is 0 Å². The Labute approximate surface area is 159 Å². The van der Waals surface area contributed by atoms with Gasteiger partial charge in [0.25, 0.3) is 0 Å². The third kappa shape index (κ3) is 8.03. The fourth-order valence-electron chi connectivity index (χ4n) is 3.06. The molecular weight excluding hydrogens is 322 g/mol. The van der Waals surface area contributed by atoms with Gasteiger partial charge in [-0.25, -0.2) is 0 Å². The van der Waals surface area contributed by atoms with E-state index in [2.05, 4.69) is 48.4 Å². The lowest BCUT2D eigenvalue weighted by atomic mass is 10.1. The summed E-state index contributed by atoms with van der Waals surface area (Å²) in [5.74, 6) is 0.898. The van der Waals surface area contributed by atoms with Crippen LogP contribution in [0.25, 0.3) is 0 Å². The minimum Gasteiger partial charge on any atom is -0.487 e. The number of hydrogen-bond donors (Lipinski definition) is 0. The molecule has 0 aliphatic heterocycles. The molecule has 0 amide bonds. The molecule has 0 bridgehead atoms. The van der Waals surface area contributed by atoms with Crippen LogP contribution in [0.15, 0.2) is 30.5 Å². The van der Waals surface area contributed by atoms with E-state index in [1.165, 1.54) is 63.4 Å². The van der Waals surface area contributed by atoms with E-state index in [4.69, 9.17) is 4.74 Å². The molecule has 0 fully saturated rings. The van der Waals surface area contributed by atoms with Gasteiger partial charge in [0.2, 0.25) is 0 Å². The average molecular weight is 358 g/mol. The van der Waals surface area contributed by atoms with Crippen molar-refractivity contribution in [2.75, 3.05) is 0 Å². The molecule has 1 aromatic heterocycles. The highest BCUT2D eigenvalue weighted by Gasteiger charge is 2.03. The van der Waals surface area contributed by atoms with E-state index in [1.54, 1.807) is 0 Å². The van der Waals surface area contributed by atoms with Crippen LogP contribution in [0.1, 0.15) is 82.9 Å². The minimum atomic E-state index is 0.478. The lowest BCUT2D eigenvalue weighted by Crippen LogP contribution is -1.99. The fourth-order valence-corrected chi connectivity index (χ4v) is 3.06. The summed E-state index contributed by atoms with van der Waals surface area (Å²) in [6, 6.07) is 8.45. The van der Waals surface area contributed by atoms with Crippen LogP contribution in [0.4, 0.5) is 0 Å². The first-order valence-electron chi connectivity index (χ1n) is 10.4. The van der Waals surface area contributed by atoms with E-state index in [0.717, 1.165) is 24.4 Å². The maximum atomic E-state index is 5.84. The first-order chi connectivity index (χ1) is 12.8. The minimum absolute atomic E-state index is 0.478. The molecular formula is C22H35N3O. The Kier molecular flexibility index (Phi) is 9.84. The van der Waals surface area contributed by atoms with Gasteiger partial charge in [-0.3, -0.25) is 4.68 Å². The van der Waals surface area contributed by atoms with Gasteiger partial charge in [0.05, 0.1) is 6.20 Å².